The molecule has 0 saturated heterocycles. The highest BCUT2D eigenvalue weighted by atomic mass is 16.5. The van der Waals surface area contributed by atoms with E-state index in [1.165, 1.54) is 12.8 Å². The van der Waals surface area contributed by atoms with Crippen LogP contribution in [0.1, 0.15) is 25.7 Å². The van der Waals surface area contributed by atoms with Crippen molar-refractivity contribution in [2.75, 3.05) is 40.5 Å². The SMILES string of the molecule is COCCN(C1CC1)C(CCCN)COC. The molecule has 1 unspecified atom stereocenters. The summed E-state index contributed by atoms with van der Waals surface area (Å²) in [5, 5.41) is 0. The zero-order valence-corrected chi connectivity index (χ0v) is 10.7. The lowest BCUT2D eigenvalue weighted by atomic mass is 10.1. The van der Waals surface area contributed by atoms with Crippen LogP contribution in [0.5, 0.6) is 0 Å². The molecule has 4 nitrogen and oxygen atoms in total. The normalized spacial score (nSPS) is 18.0. The van der Waals surface area contributed by atoms with E-state index in [1.54, 1.807) is 14.2 Å². The Hall–Kier alpha value is -0.160. The van der Waals surface area contributed by atoms with E-state index in [2.05, 4.69) is 4.90 Å². The Bertz CT molecular complexity index is 174. The second-order valence-electron chi connectivity index (χ2n) is 4.50. The van der Waals surface area contributed by atoms with Gasteiger partial charge in [-0.2, -0.15) is 0 Å². The molecule has 16 heavy (non-hydrogen) atoms. The first-order valence-corrected chi connectivity index (χ1v) is 6.27. The molecule has 1 rings (SSSR count). The number of rotatable bonds is 10. The summed E-state index contributed by atoms with van der Waals surface area (Å²) in [5.74, 6) is 0. The van der Waals surface area contributed by atoms with Gasteiger partial charge in [-0.25, -0.2) is 0 Å². The monoisotopic (exact) mass is 230 g/mol. The minimum absolute atomic E-state index is 0.510. The Labute approximate surface area is 99.1 Å². The summed E-state index contributed by atoms with van der Waals surface area (Å²) in [4.78, 5) is 2.54. The van der Waals surface area contributed by atoms with Crippen LogP contribution in [0.15, 0.2) is 0 Å². The molecule has 0 aliphatic heterocycles. The summed E-state index contributed by atoms with van der Waals surface area (Å²) in [7, 11) is 3.53. The Balaban J connectivity index is 2.40. The third-order valence-electron chi connectivity index (χ3n) is 3.14. The molecular weight excluding hydrogens is 204 g/mol. The van der Waals surface area contributed by atoms with Crippen molar-refractivity contribution in [1.29, 1.82) is 0 Å². The Morgan fingerprint density at radius 3 is 2.56 bits per heavy atom. The molecule has 0 heterocycles. The molecule has 0 aromatic heterocycles. The zero-order chi connectivity index (χ0) is 11.8. The van der Waals surface area contributed by atoms with Crippen LogP contribution < -0.4 is 5.73 Å². The molecule has 1 aliphatic rings. The lowest BCUT2D eigenvalue weighted by molar-refractivity contribution is 0.0575. The summed E-state index contributed by atoms with van der Waals surface area (Å²) in [5.41, 5.74) is 5.58. The average Bonchev–Trinajstić information content (AvgIpc) is 3.10. The van der Waals surface area contributed by atoms with Gasteiger partial charge in [0.05, 0.1) is 13.2 Å². The predicted molar refractivity (Wildman–Crippen MR) is 65.6 cm³/mol. The van der Waals surface area contributed by atoms with E-state index in [-0.39, 0.29) is 0 Å². The van der Waals surface area contributed by atoms with E-state index in [1.807, 2.05) is 0 Å². The molecule has 0 bridgehead atoms. The first-order valence-electron chi connectivity index (χ1n) is 6.27. The van der Waals surface area contributed by atoms with Crippen LogP contribution in [0.2, 0.25) is 0 Å². The van der Waals surface area contributed by atoms with Crippen LogP contribution in [0, 0.1) is 0 Å². The molecule has 1 atom stereocenters. The molecule has 4 heteroatoms. The highest BCUT2D eigenvalue weighted by Gasteiger charge is 2.33. The quantitative estimate of drug-likeness (QED) is 0.604. The third-order valence-corrected chi connectivity index (χ3v) is 3.14. The van der Waals surface area contributed by atoms with Gasteiger partial charge in [-0.15, -0.1) is 0 Å². The summed E-state index contributed by atoms with van der Waals surface area (Å²) in [6.45, 7) is 3.39. The zero-order valence-electron chi connectivity index (χ0n) is 10.7. The van der Waals surface area contributed by atoms with Gasteiger partial charge in [-0.3, -0.25) is 4.90 Å². The van der Waals surface area contributed by atoms with Gasteiger partial charge in [0, 0.05) is 32.8 Å². The highest BCUT2D eigenvalue weighted by Crippen LogP contribution is 2.29. The molecule has 2 N–H and O–H groups in total. The lowest BCUT2D eigenvalue weighted by Crippen LogP contribution is -2.42. The number of nitrogens with zero attached hydrogens (tertiary/aromatic N) is 1. The van der Waals surface area contributed by atoms with Crippen molar-refractivity contribution in [3.05, 3.63) is 0 Å². The van der Waals surface area contributed by atoms with Crippen molar-refractivity contribution in [2.24, 2.45) is 5.73 Å². The molecule has 1 aliphatic carbocycles. The highest BCUT2D eigenvalue weighted by molar-refractivity contribution is 4.88. The molecule has 0 amide bonds. The maximum atomic E-state index is 5.58. The van der Waals surface area contributed by atoms with Gasteiger partial charge >= 0.3 is 0 Å². The van der Waals surface area contributed by atoms with Gasteiger partial charge in [0.2, 0.25) is 0 Å². The number of methoxy groups -OCH3 is 2. The Morgan fingerprint density at radius 2 is 2.06 bits per heavy atom. The first-order chi connectivity index (χ1) is 7.83. The number of hydrogen-bond acceptors (Lipinski definition) is 4. The van der Waals surface area contributed by atoms with Crippen molar-refractivity contribution >= 4 is 0 Å². The van der Waals surface area contributed by atoms with Gasteiger partial charge in [-0.1, -0.05) is 0 Å². The molecule has 0 aromatic rings. The minimum atomic E-state index is 0.510. The van der Waals surface area contributed by atoms with Gasteiger partial charge in [-0.05, 0) is 32.2 Å². The van der Waals surface area contributed by atoms with Crippen LogP contribution in [0.3, 0.4) is 0 Å². The maximum Gasteiger partial charge on any atom is 0.0618 e. The summed E-state index contributed by atoms with van der Waals surface area (Å²) >= 11 is 0. The van der Waals surface area contributed by atoms with Gasteiger partial charge < -0.3 is 15.2 Å². The molecule has 96 valence electrons. The largest absolute Gasteiger partial charge is 0.383 e. The average molecular weight is 230 g/mol. The molecule has 1 saturated carbocycles. The number of nitrogens with two attached hydrogens (primary N) is 1. The standard InChI is InChI=1S/C12H26N2O2/c1-15-9-8-14(11-5-6-11)12(10-16-2)4-3-7-13/h11-12H,3-10,13H2,1-2H3. The topological polar surface area (TPSA) is 47.7 Å². The van der Waals surface area contributed by atoms with E-state index in [4.69, 9.17) is 15.2 Å². The van der Waals surface area contributed by atoms with E-state index in [0.29, 0.717) is 6.04 Å². The van der Waals surface area contributed by atoms with Crippen molar-refractivity contribution < 1.29 is 9.47 Å². The van der Waals surface area contributed by atoms with E-state index >= 15 is 0 Å². The fraction of sp³-hybridized carbons (Fsp3) is 1.00. The van der Waals surface area contributed by atoms with Gasteiger partial charge in [0.15, 0.2) is 0 Å². The van der Waals surface area contributed by atoms with Crippen LogP contribution >= 0.6 is 0 Å². The Morgan fingerprint density at radius 1 is 1.31 bits per heavy atom. The van der Waals surface area contributed by atoms with Crippen molar-refractivity contribution in [1.82, 2.24) is 4.90 Å². The maximum absolute atomic E-state index is 5.58. The molecule has 0 spiro atoms. The van der Waals surface area contributed by atoms with Crippen LogP contribution in [-0.2, 0) is 9.47 Å². The van der Waals surface area contributed by atoms with Crippen LogP contribution in [0.25, 0.3) is 0 Å². The van der Waals surface area contributed by atoms with Crippen molar-refractivity contribution in [3.8, 4) is 0 Å². The summed E-state index contributed by atoms with van der Waals surface area (Å²) in [6, 6.07) is 1.27. The minimum Gasteiger partial charge on any atom is -0.383 e. The first kappa shape index (κ1) is 13.9. The Kier molecular flexibility index (Phi) is 6.96. The number of ether oxygens (including phenoxy) is 2. The fourth-order valence-electron chi connectivity index (χ4n) is 2.16. The van der Waals surface area contributed by atoms with Crippen LogP contribution in [-0.4, -0.2) is 57.5 Å². The second-order valence-corrected chi connectivity index (χ2v) is 4.50. The summed E-state index contributed by atoms with van der Waals surface area (Å²) < 4.78 is 10.5. The van der Waals surface area contributed by atoms with E-state index in [0.717, 1.165) is 45.2 Å². The van der Waals surface area contributed by atoms with E-state index < -0.39 is 0 Å². The number of hydrogen-bond donors (Lipinski definition) is 1. The molecular formula is C12H26N2O2. The van der Waals surface area contributed by atoms with Crippen LogP contribution in [0.4, 0.5) is 0 Å². The van der Waals surface area contributed by atoms with Crippen molar-refractivity contribution in [2.45, 2.75) is 37.8 Å². The lowest BCUT2D eigenvalue weighted by Gasteiger charge is -2.31. The van der Waals surface area contributed by atoms with Gasteiger partial charge in [0.25, 0.3) is 0 Å². The van der Waals surface area contributed by atoms with E-state index in [9.17, 15) is 0 Å². The molecule has 1 fully saturated rings. The second kappa shape index (κ2) is 8.01. The summed E-state index contributed by atoms with van der Waals surface area (Å²) in [6.07, 6.45) is 4.86. The predicted octanol–water partition coefficient (Wildman–Crippen LogP) is 0.851. The smallest absolute Gasteiger partial charge is 0.0618 e. The third kappa shape index (κ3) is 4.78. The van der Waals surface area contributed by atoms with Gasteiger partial charge in [0.1, 0.15) is 0 Å². The molecule has 0 aromatic carbocycles. The molecule has 0 radical (unpaired) electrons. The fourth-order valence-corrected chi connectivity index (χ4v) is 2.16. The van der Waals surface area contributed by atoms with Crippen molar-refractivity contribution in [3.63, 3.8) is 0 Å².